The lowest BCUT2D eigenvalue weighted by Crippen LogP contribution is -2.30. The van der Waals surface area contributed by atoms with Crippen LogP contribution in [0.2, 0.25) is 0 Å². The van der Waals surface area contributed by atoms with Crippen molar-refractivity contribution in [2.75, 3.05) is 13.2 Å². The van der Waals surface area contributed by atoms with Crippen LogP contribution in [-0.4, -0.2) is 37.2 Å². The third-order valence-electron chi connectivity index (χ3n) is 10.7. The van der Waals surface area contributed by atoms with Crippen LogP contribution in [0.15, 0.2) is 0 Å². The number of carbonyl (C=O) groups excluding carboxylic acids is 3. The van der Waals surface area contributed by atoms with Gasteiger partial charge in [-0.15, -0.1) is 0 Å². The van der Waals surface area contributed by atoms with Gasteiger partial charge in [-0.05, 0) is 25.2 Å². The average molecular weight is 737 g/mol. The molecule has 308 valence electrons. The van der Waals surface area contributed by atoms with Crippen molar-refractivity contribution in [3.05, 3.63) is 0 Å². The normalized spacial score (nSPS) is 12.5. The summed E-state index contributed by atoms with van der Waals surface area (Å²) < 4.78 is 16.7. The highest BCUT2D eigenvalue weighted by atomic mass is 16.6. The Morgan fingerprint density at radius 3 is 1.00 bits per heavy atom. The molecule has 1 unspecified atom stereocenters. The Morgan fingerprint density at radius 1 is 0.385 bits per heavy atom. The lowest BCUT2D eigenvalue weighted by Gasteiger charge is -2.18. The third-order valence-corrected chi connectivity index (χ3v) is 10.7. The van der Waals surface area contributed by atoms with Crippen molar-refractivity contribution in [3.63, 3.8) is 0 Å². The van der Waals surface area contributed by atoms with Crippen LogP contribution in [-0.2, 0) is 28.6 Å². The summed E-state index contributed by atoms with van der Waals surface area (Å²) in [5, 5.41) is 0. The minimum atomic E-state index is -0.759. The minimum absolute atomic E-state index is 0.0654. The molecule has 0 bridgehead atoms. The fourth-order valence-electron chi connectivity index (χ4n) is 6.77. The highest BCUT2D eigenvalue weighted by Crippen LogP contribution is 2.17. The lowest BCUT2D eigenvalue weighted by molar-refractivity contribution is -0.167. The second kappa shape index (κ2) is 40.6. The van der Waals surface area contributed by atoms with Gasteiger partial charge in [0.1, 0.15) is 13.2 Å². The molecule has 0 aliphatic heterocycles. The number of hydrogen-bond acceptors (Lipinski definition) is 6. The molecule has 0 saturated heterocycles. The molecule has 0 rings (SSSR count). The molecule has 0 aliphatic rings. The first-order valence-corrected chi connectivity index (χ1v) is 22.9. The molecular weight excluding hydrogens is 648 g/mol. The van der Waals surface area contributed by atoms with E-state index in [4.69, 9.17) is 14.2 Å². The van der Waals surface area contributed by atoms with Crippen LogP contribution < -0.4 is 0 Å². The minimum Gasteiger partial charge on any atom is -0.462 e. The summed E-state index contributed by atoms with van der Waals surface area (Å²) in [5.74, 6) is -0.0488. The van der Waals surface area contributed by atoms with Gasteiger partial charge in [0.25, 0.3) is 0 Å². The SMILES string of the molecule is CCCCCCCCCCCCCCCCCCCC(=O)O[C@H](COC(=O)CCCCCCCCC)COC(=O)CCCCCCCCC(C)CC. The van der Waals surface area contributed by atoms with E-state index in [2.05, 4.69) is 27.7 Å². The maximum absolute atomic E-state index is 12.7. The van der Waals surface area contributed by atoms with Gasteiger partial charge in [0, 0.05) is 19.3 Å². The first-order valence-electron chi connectivity index (χ1n) is 22.9. The second-order valence-corrected chi connectivity index (χ2v) is 15.9. The predicted octanol–water partition coefficient (Wildman–Crippen LogP) is 14.3. The van der Waals surface area contributed by atoms with Gasteiger partial charge in [0.05, 0.1) is 0 Å². The summed E-state index contributed by atoms with van der Waals surface area (Å²) >= 11 is 0. The fourth-order valence-corrected chi connectivity index (χ4v) is 6.77. The molecule has 0 saturated carbocycles. The Bertz CT molecular complexity index is 783. The molecule has 0 fully saturated rings. The highest BCUT2D eigenvalue weighted by Gasteiger charge is 2.19. The van der Waals surface area contributed by atoms with E-state index in [0.29, 0.717) is 19.3 Å². The zero-order valence-electron chi connectivity index (χ0n) is 35.3. The Balaban J connectivity index is 4.23. The molecule has 0 spiro atoms. The zero-order chi connectivity index (χ0) is 38.2. The standard InChI is InChI=1S/C46H88O6/c1-5-8-10-12-14-15-16-17-18-19-20-21-22-23-25-31-35-39-46(49)52-43(40-50-44(47)37-33-29-24-13-11-9-6-2)41-51-45(48)38-34-30-27-26-28-32-36-42(4)7-3/h42-43H,5-41H2,1-4H3/t42?,43-/m1/s1. The van der Waals surface area contributed by atoms with Crippen molar-refractivity contribution in [3.8, 4) is 0 Å². The summed E-state index contributed by atoms with van der Waals surface area (Å²) in [5.41, 5.74) is 0. The topological polar surface area (TPSA) is 78.9 Å². The van der Waals surface area contributed by atoms with Gasteiger partial charge in [-0.1, -0.05) is 214 Å². The second-order valence-electron chi connectivity index (χ2n) is 15.9. The molecule has 0 aliphatic carbocycles. The lowest BCUT2D eigenvalue weighted by atomic mass is 10.00. The summed E-state index contributed by atoms with van der Waals surface area (Å²) in [6.45, 7) is 8.93. The molecule has 52 heavy (non-hydrogen) atoms. The van der Waals surface area contributed by atoms with Gasteiger partial charge in [0.15, 0.2) is 6.10 Å². The average Bonchev–Trinajstić information content (AvgIpc) is 3.14. The van der Waals surface area contributed by atoms with E-state index in [1.807, 2.05) is 0 Å². The Morgan fingerprint density at radius 2 is 0.673 bits per heavy atom. The largest absolute Gasteiger partial charge is 0.462 e. The highest BCUT2D eigenvalue weighted by molar-refractivity contribution is 5.71. The summed E-state index contributed by atoms with van der Waals surface area (Å²) in [6.07, 6.45) is 39.6. The molecule has 0 aromatic heterocycles. The molecule has 0 N–H and O–H groups in total. The van der Waals surface area contributed by atoms with E-state index in [9.17, 15) is 14.4 Å². The Kier molecular flexibility index (Phi) is 39.4. The molecule has 0 heterocycles. The van der Waals surface area contributed by atoms with E-state index in [1.165, 1.54) is 148 Å². The van der Waals surface area contributed by atoms with Crippen LogP contribution in [0.5, 0.6) is 0 Å². The summed E-state index contributed by atoms with van der Waals surface area (Å²) in [7, 11) is 0. The van der Waals surface area contributed by atoms with Crippen molar-refractivity contribution >= 4 is 17.9 Å². The van der Waals surface area contributed by atoms with Crippen molar-refractivity contribution in [2.24, 2.45) is 5.92 Å². The summed E-state index contributed by atoms with van der Waals surface area (Å²) in [6, 6.07) is 0. The zero-order valence-corrected chi connectivity index (χ0v) is 35.3. The van der Waals surface area contributed by atoms with Crippen LogP contribution in [0.3, 0.4) is 0 Å². The maximum atomic E-state index is 12.7. The Hall–Kier alpha value is -1.59. The van der Waals surface area contributed by atoms with Gasteiger partial charge in [-0.25, -0.2) is 0 Å². The van der Waals surface area contributed by atoms with E-state index in [0.717, 1.165) is 63.7 Å². The third kappa shape index (κ3) is 38.1. The van der Waals surface area contributed by atoms with Crippen molar-refractivity contribution in [1.82, 2.24) is 0 Å². The van der Waals surface area contributed by atoms with E-state index in [1.54, 1.807) is 0 Å². The van der Waals surface area contributed by atoms with Gasteiger partial charge < -0.3 is 14.2 Å². The smallest absolute Gasteiger partial charge is 0.306 e. The maximum Gasteiger partial charge on any atom is 0.306 e. The number of esters is 3. The van der Waals surface area contributed by atoms with Gasteiger partial charge in [-0.3, -0.25) is 14.4 Å². The van der Waals surface area contributed by atoms with Crippen molar-refractivity contribution in [2.45, 2.75) is 259 Å². The monoisotopic (exact) mass is 737 g/mol. The van der Waals surface area contributed by atoms with Crippen LogP contribution in [0.4, 0.5) is 0 Å². The van der Waals surface area contributed by atoms with E-state index >= 15 is 0 Å². The molecule has 0 aromatic rings. The number of carbonyl (C=O) groups is 3. The number of ether oxygens (including phenoxy) is 3. The van der Waals surface area contributed by atoms with Crippen LogP contribution in [0.1, 0.15) is 252 Å². The van der Waals surface area contributed by atoms with Gasteiger partial charge in [-0.2, -0.15) is 0 Å². The number of rotatable bonds is 41. The van der Waals surface area contributed by atoms with Crippen LogP contribution in [0.25, 0.3) is 0 Å². The fraction of sp³-hybridized carbons (Fsp3) is 0.935. The predicted molar refractivity (Wildman–Crippen MR) is 220 cm³/mol. The molecule has 0 amide bonds. The van der Waals surface area contributed by atoms with Crippen LogP contribution >= 0.6 is 0 Å². The van der Waals surface area contributed by atoms with Crippen molar-refractivity contribution < 1.29 is 28.6 Å². The van der Waals surface area contributed by atoms with Crippen molar-refractivity contribution in [1.29, 1.82) is 0 Å². The molecule has 0 aromatic carbocycles. The van der Waals surface area contributed by atoms with Crippen LogP contribution in [0, 0.1) is 5.92 Å². The molecule has 6 nitrogen and oxygen atoms in total. The summed E-state index contributed by atoms with van der Waals surface area (Å²) in [4.78, 5) is 37.6. The number of unbranched alkanes of at least 4 members (excludes halogenated alkanes) is 27. The molecule has 2 atom stereocenters. The molecule has 0 radical (unpaired) electrons. The number of hydrogen-bond donors (Lipinski definition) is 0. The Labute approximate surface area is 323 Å². The quantitative estimate of drug-likeness (QED) is 0.0353. The van der Waals surface area contributed by atoms with Gasteiger partial charge in [0.2, 0.25) is 0 Å². The molecular formula is C46H88O6. The van der Waals surface area contributed by atoms with Gasteiger partial charge >= 0.3 is 17.9 Å². The first-order chi connectivity index (χ1) is 25.4. The van der Waals surface area contributed by atoms with E-state index < -0.39 is 6.10 Å². The molecule has 6 heteroatoms. The van der Waals surface area contributed by atoms with E-state index in [-0.39, 0.29) is 31.1 Å². The first kappa shape index (κ1) is 50.4.